The molecule has 0 bridgehead atoms. The second kappa shape index (κ2) is 16.0. The second-order valence-corrected chi connectivity index (χ2v) is 18.4. The number of benzene rings is 4. The van der Waals surface area contributed by atoms with E-state index in [0.29, 0.717) is 17.8 Å². The van der Waals surface area contributed by atoms with Crippen molar-refractivity contribution in [3.05, 3.63) is 101 Å². The first-order chi connectivity index (χ1) is 23.3. The Morgan fingerprint density at radius 2 is 1.04 bits per heavy atom. The van der Waals surface area contributed by atoms with Crippen LogP contribution in [0.2, 0.25) is 5.02 Å². The predicted octanol–water partition coefficient (Wildman–Crippen LogP) is 14.6. The van der Waals surface area contributed by atoms with Crippen LogP contribution in [0.15, 0.2) is 78.9 Å². The predicted molar refractivity (Wildman–Crippen MR) is 215 cm³/mol. The smallest absolute Gasteiger partial charge is 0.0653 e. The molecule has 2 fully saturated rings. The third-order valence-corrected chi connectivity index (χ3v) is 14.8. The summed E-state index contributed by atoms with van der Waals surface area (Å²) in [4.78, 5) is 0. The van der Waals surface area contributed by atoms with Gasteiger partial charge in [-0.25, -0.2) is 0 Å². The molecule has 4 aromatic rings. The summed E-state index contributed by atoms with van der Waals surface area (Å²) in [6.45, 7) is 14.6. The number of hydrogen-bond donors (Lipinski definition) is 1. The average Bonchev–Trinajstić information content (AvgIpc) is 3.10. The molecule has 2 aliphatic carbocycles. The van der Waals surface area contributed by atoms with Crippen molar-refractivity contribution in [2.45, 2.75) is 135 Å². The molecule has 1 N–H and O–H groups in total. The molecule has 2 saturated carbocycles. The highest BCUT2D eigenvalue weighted by Gasteiger charge is 2.39. The van der Waals surface area contributed by atoms with Crippen LogP contribution in [0, 0.1) is 0 Å². The number of halogens is 1. The molecule has 48 heavy (non-hydrogen) atoms. The van der Waals surface area contributed by atoms with Crippen molar-refractivity contribution in [1.82, 2.24) is 0 Å². The first-order valence-corrected chi connectivity index (χ1v) is 20.8. The summed E-state index contributed by atoms with van der Waals surface area (Å²) >= 11 is 7.23. The minimum atomic E-state index is -0.385. The second-order valence-electron chi connectivity index (χ2n) is 15.3. The Balaban J connectivity index is 1.75. The minimum absolute atomic E-state index is 0.345. The van der Waals surface area contributed by atoms with E-state index >= 15 is 0 Å². The van der Waals surface area contributed by atoms with Crippen LogP contribution in [-0.4, -0.2) is 11.3 Å². The molecule has 0 radical (unpaired) electrons. The maximum Gasteiger partial charge on any atom is 0.0653 e. The van der Waals surface area contributed by atoms with Gasteiger partial charge in [0.1, 0.15) is 0 Å². The summed E-state index contributed by atoms with van der Waals surface area (Å²) in [5.41, 5.74) is 13.8. The molecule has 6 rings (SSSR count). The quantitative estimate of drug-likeness (QED) is 0.165. The van der Waals surface area contributed by atoms with Gasteiger partial charge in [-0.2, -0.15) is 0 Å². The Hall–Kier alpha value is -2.60. The molecule has 4 aromatic carbocycles. The summed E-state index contributed by atoms with van der Waals surface area (Å²) in [5, 5.41) is 6.70. The number of anilines is 2. The van der Waals surface area contributed by atoms with E-state index in [0.717, 1.165) is 27.6 Å². The van der Waals surface area contributed by atoms with Gasteiger partial charge in [-0.15, -0.1) is 0 Å². The van der Waals surface area contributed by atoms with Crippen LogP contribution in [0.4, 0.5) is 11.4 Å². The Labute approximate surface area is 298 Å². The summed E-state index contributed by atoms with van der Waals surface area (Å²) in [5.74, 6) is 1.21. The highest BCUT2D eigenvalue weighted by molar-refractivity contribution is 7.67. The number of rotatable bonds is 10. The van der Waals surface area contributed by atoms with Crippen molar-refractivity contribution in [3.63, 3.8) is 0 Å². The van der Waals surface area contributed by atoms with Crippen LogP contribution < -0.4 is 10.6 Å². The fraction of sp³-hybridized carbons (Fsp3) is 0.467. The molecule has 254 valence electrons. The van der Waals surface area contributed by atoms with E-state index in [-0.39, 0.29) is 7.92 Å². The van der Waals surface area contributed by atoms with Crippen molar-refractivity contribution >= 4 is 36.2 Å². The molecule has 0 aromatic heterocycles. The van der Waals surface area contributed by atoms with Gasteiger partial charge < -0.3 is 5.32 Å². The van der Waals surface area contributed by atoms with E-state index in [2.05, 4.69) is 126 Å². The Morgan fingerprint density at radius 1 is 0.542 bits per heavy atom. The maximum absolute atomic E-state index is 7.23. The standard InChI is InChI=1S/C45H57ClNP/c1-30(2)39-40(31(3)4)44(47-43-37(28-19-29-38(43)46)33-20-11-7-12-21-33)42(34-22-13-8-14-23-34)45(41(39)32(5)6)48(35-24-15-9-16-25-35)36-26-17-10-18-27-36/h7-8,11-14,19-23,28-32,35-36,47H,9-10,15-18,24-27H2,1-6H3. The number of hydrogen-bond acceptors (Lipinski definition) is 1. The molecule has 0 unspecified atom stereocenters. The first-order valence-electron chi connectivity index (χ1n) is 19.0. The zero-order valence-electron chi connectivity index (χ0n) is 30.3. The van der Waals surface area contributed by atoms with E-state index in [4.69, 9.17) is 11.6 Å². The van der Waals surface area contributed by atoms with E-state index in [1.807, 2.05) is 0 Å². The lowest BCUT2D eigenvalue weighted by atomic mass is 9.79. The molecule has 0 amide bonds. The van der Waals surface area contributed by atoms with Gasteiger partial charge in [0.25, 0.3) is 0 Å². The molecule has 0 atom stereocenters. The highest BCUT2D eigenvalue weighted by Crippen LogP contribution is 2.60. The highest BCUT2D eigenvalue weighted by atomic mass is 35.5. The summed E-state index contributed by atoms with van der Waals surface area (Å²) in [6.07, 6.45) is 13.9. The monoisotopic (exact) mass is 677 g/mol. The lowest BCUT2D eigenvalue weighted by Crippen LogP contribution is -2.31. The zero-order valence-corrected chi connectivity index (χ0v) is 31.9. The largest absolute Gasteiger partial charge is 0.353 e. The molecule has 1 nitrogen and oxygen atoms in total. The van der Waals surface area contributed by atoms with Gasteiger partial charge in [-0.05, 0) is 93.9 Å². The Kier molecular flexibility index (Phi) is 11.7. The van der Waals surface area contributed by atoms with Crippen LogP contribution in [0.25, 0.3) is 22.3 Å². The van der Waals surface area contributed by atoms with Crippen molar-refractivity contribution < 1.29 is 0 Å². The van der Waals surface area contributed by atoms with Crippen molar-refractivity contribution in [2.24, 2.45) is 0 Å². The van der Waals surface area contributed by atoms with Crippen molar-refractivity contribution in [2.75, 3.05) is 5.32 Å². The third kappa shape index (κ3) is 7.30. The van der Waals surface area contributed by atoms with Gasteiger partial charge in [0.15, 0.2) is 0 Å². The fourth-order valence-corrected chi connectivity index (χ4v) is 13.4. The third-order valence-electron chi connectivity index (χ3n) is 10.9. The lowest BCUT2D eigenvalue weighted by Gasteiger charge is -2.43. The van der Waals surface area contributed by atoms with E-state index in [1.165, 1.54) is 92.1 Å². The van der Waals surface area contributed by atoms with Gasteiger partial charge >= 0.3 is 0 Å². The summed E-state index contributed by atoms with van der Waals surface area (Å²) in [6, 6.07) is 28.6. The van der Waals surface area contributed by atoms with Gasteiger partial charge in [-0.3, -0.25) is 0 Å². The molecular weight excluding hydrogens is 621 g/mol. The molecule has 0 heterocycles. The molecule has 0 saturated heterocycles. The van der Waals surface area contributed by atoms with Crippen LogP contribution >= 0.6 is 19.5 Å². The first kappa shape index (κ1) is 35.2. The van der Waals surface area contributed by atoms with E-state index in [9.17, 15) is 0 Å². The maximum atomic E-state index is 7.23. The van der Waals surface area contributed by atoms with Gasteiger partial charge in [-0.1, -0.05) is 172 Å². The van der Waals surface area contributed by atoms with Crippen LogP contribution in [-0.2, 0) is 0 Å². The minimum Gasteiger partial charge on any atom is -0.353 e. The van der Waals surface area contributed by atoms with Gasteiger partial charge in [0.2, 0.25) is 0 Å². The topological polar surface area (TPSA) is 12.0 Å². The zero-order chi connectivity index (χ0) is 33.8. The number of nitrogens with one attached hydrogen (secondary N) is 1. The van der Waals surface area contributed by atoms with E-state index < -0.39 is 0 Å². The Morgan fingerprint density at radius 3 is 1.54 bits per heavy atom. The van der Waals surface area contributed by atoms with Crippen molar-refractivity contribution in [3.8, 4) is 22.3 Å². The molecule has 3 heteroatoms. The normalized spacial score (nSPS) is 16.4. The molecular formula is C45H57ClNP. The van der Waals surface area contributed by atoms with Crippen LogP contribution in [0.5, 0.6) is 0 Å². The summed E-state index contributed by atoms with van der Waals surface area (Å²) in [7, 11) is -0.385. The Bertz CT molecular complexity index is 1630. The average molecular weight is 678 g/mol. The van der Waals surface area contributed by atoms with E-state index in [1.54, 1.807) is 16.4 Å². The molecule has 0 aliphatic heterocycles. The van der Waals surface area contributed by atoms with Crippen LogP contribution in [0.1, 0.15) is 140 Å². The SMILES string of the molecule is CC(C)c1c(Nc2c(Cl)cccc2-c2ccccc2)c(-c2ccccc2)c(P(C2CCCCC2)C2CCCCC2)c(C(C)C)c1C(C)C. The summed E-state index contributed by atoms with van der Waals surface area (Å²) < 4.78 is 0. The molecule has 2 aliphatic rings. The van der Waals surface area contributed by atoms with Gasteiger partial charge in [0, 0.05) is 11.1 Å². The molecule has 0 spiro atoms. The number of para-hydroxylation sites is 1. The lowest BCUT2D eigenvalue weighted by molar-refractivity contribution is 0.487. The fourth-order valence-electron chi connectivity index (χ4n) is 8.90. The van der Waals surface area contributed by atoms with Crippen LogP contribution in [0.3, 0.4) is 0 Å². The van der Waals surface area contributed by atoms with Crippen molar-refractivity contribution in [1.29, 1.82) is 0 Å². The van der Waals surface area contributed by atoms with Gasteiger partial charge in [0.05, 0.1) is 16.4 Å².